The Hall–Kier alpha value is -1.14. The molecule has 2 rings (SSSR count). The fraction of sp³-hybridized carbons (Fsp3) is 0.143. The maximum absolute atomic E-state index is 14.4. The van der Waals surface area contributed by atoms with Crippen molar-refractivity contribution in [2.75, 3.05) is 7.11 Å². The van der Waals surface area contributed by atoms with Gasteiger partial charge in [0.15, 0.2) is 11.6 Å². The average Bonchev–Trinajstić information content (AvgIpc) is 2.45. The van der Waals surface area contributed by atoms with Crippen molar-refractivity contribution < 1.29 is 9.13 Å². The topological polar surface area (TPSA) is 47.3 Å². The number of hydrogen-bond acceptors (Lipinski definition) is 3. The summed E-state index contributed by atoms with van der Waals surface area (Å²) in [5.41, 5.74) is 3.74. The van der Waals surface area contributed by atoms with Gasteiger partial charge in [0.1, 0.15) is 0 Å². The molecule has 2 aromatic carbocycles. The van der Waals surface area contributed by atoms with Gasteiger partial charge >= 0.3 is 0 Å². The van der Waals surface area contributed by atoms with E-state index in [9.17, 15) is 4.39 Å². The van der Waals surface area contributed by atoms with Crippen LogP contribution in [-0.2, 0) is 0 Å². The van der Waals surface area contributed by atoms with E-state index in [0.717, 1.165) is 10.0 Å². The van der Waals surface area contributed by atoms with Crippen molar-refractivity contribution in [3.05, 3.63) is 62.8 Å². The molecule has 0 amide bonds. The molecule has 0 spiro atoms. The summed E-state index contributed by atoms with van der Waals surface area (Å²) in [5.74, 6) is 5.31. The zero-order valence-corrected chi connectivity index (χ0v) is 13.0. The Kier molecular flexibility index (Phi) is 4.99. The zero-order chi connectivity index (χ0) is 14.7. The van der Waals surface area contributed by atoms with Crippen LogP contribution in [0.5, 0.6) is 5.75 Å². The van der Waals surface area contributed by atoms with Crippen molar-refractivity contribution in [2.24, 2.45) is 5.84 Å². The lowest BCUT2D eigenvalue weighted by Crippen LogP contribution is -2.30. The van der Waals surface area contributed by atoms with E-state index in [0.29, 0.717) is 10.6 Å². The molecular weight excluding hydrogens is 347 g/mol. The fourth-order valence-corrected chi connectivity index (χ4v) is 2.65. The Balaban J connectivity index is 2.55. The van der Waals surface area contributed by atoms with Crippen LogP contribution in [0.4, 0.5) is 4.39 Å². The van der Waals surface area contributed by atoms with E-state index in [2.05, 4.69) is 21.4 Å². The third kappa shape index (κ3) is 2.96. The number of hydrazine groups is 1. The summed E-state index contributed by atoms with van der Waals surface area (Å²) in [4.78, 5) is 0. The highest BCUT2D eigenvalue weighted by Crippen LogP contribution is 2.33. The lowest BCUT2D eigenvalue weighted by Gasteiger charge is -2.20. The first kappa shape index (κ1) is 15.3. The normalized spacial score (nSPS) is 12.2. The van der Waals surface area contributed by atoms with Crippen LogP contribution in [0.25, 0.3) is 0 Å². The number of methoxy groups -OCH3 is 1. The van der Waals surface area contributed by atoms with Gasteiger partial charge in [0, 0.05) is 15.1 Å². The number of rotatable bonds is 4. The minimum absolute atomic E-state index is 0.168. The van der Waals surface area contributed by atoms with E-state index < -0.39 is 11.9 Å². The van der Waals surface area contributed by atoms with Crippen LogP contribution < -0.4 is 16.0 Å². The van der Waals surface area contributed by atoms with E-state index in [1.165, 1.54) is 7.11 Å². The van der Waals surface area contributed by atoms with E-state index in [-0.39, 0.29) is 5.75 Å². The van der Waals surface area contributed by atoms with Crippen LogP contribution in [0, 0.1) is 5.82 Å². The molecule has 0 aliphatic heterocycles. The Labute approximate surface area is 130 Å². The van der Waals surface area contributed by atoms with Crippen molar-refractivity contribution in [1.82, 2.24) is 5.43 Å². The Morgan fingerprint density at radius 1 is 1.30 bits per heavy atom. The zero-order valence-electron chi connectivity index (χ0n) is 10.7. The SMILES string of the molecule is COc1cccc(C(NN)c2cc(Cl)ccc2Br)c1F. The highest BCUT2D eigenvalue weighted by atomic mass is 79.9. The van der Waals surface area contributed by atoms with Gasteiger partial charge < -0.3 is 4.74 Å². The van der Waals surface area contributed by atoms with Gasteiger partial charge in [0.2, 0.25) is 0 Å². The predicted molar refractivity (Wildman–Crippen MR) is 81.3 cm³/mol. The van der Waals surface area contributed by atoms with Crippen LogP contribution in [-0.4, -0.2) is 7.11 Å². The molecule has 106 valence electrons. The van der Waals surface area contributed by atoms with Crippen LogP contribution >= 0.6 is 27.5 Å². The lowest BCUT2D eigenvalue weighted by atomic mass is 9.98. The van der Waals surface area contributed by atoms with Crippen LogP contribution in [0.3, 0.4) is 0 Å². The highest BCUT2D eigenvalue weighted by molar-refractivity contribution is 9.10. The van der Waals surface area contributed by atoms with E-state index in [1.807, 2.05) is 0 Å². The number of hydrogen-bond donors (Lipinski definition) is 2. The van der Waals surface area contributed by atoms with Crippen molar-refractivity contribution >= 4 is 27.5 Å². The highest BCUT2D eigenvalue weighted by Gasteiger charge is 2.21. The summed E-state index contributed by atoms with van der Waals surface area (Å²) < 4.78 is 20.1. The smallest absolute Gasteiger partial charge is 0.170 e. The summed E-state index contributed by atoms with van der Waals surface area (Å²) in [6.07, 6.45) is 0. The van der Waals surface area contributed by atoms with Gasteiger partial charge in [-0.25, -0.2) is 9.82 Å². The van der Waals surface area contributed by atoms with Crippen molar-refractivity contribution in [1.29, 1.82) is 0 Å². The van der Waals surface area contributed by atoms with Crippen LogP contribution in [0.1, 0.15) is 17.2 Å². The summed E-state index contributed by atoms with van der Waals surface area (Å²) in [6.45, 7) is 0. The third-order valence-corrected chi connectivity index (χ3v) is 3.92. The van der Waals surface area contributed by atoms with Gasteiger partial charge in [0.05, 0.1) is 13.2 Å². The van der Waals surface area contributed by atoms with E-state index in [4.69, 9.17) is 22.2 Å². The summed E-state index contributed by atoms with van der Waals surface area (Å²) in [5, 5.41) is 0.548. The number of ether oxygens (including phenoxy) is 1. The molecule has 1 unspecified atom stereocenters. The van der Waals surface area contributed by atoms with Gasteiger partial charge in [0.25, 0.3) is 0 Å². The number of benzene rings is 2. The second-order valence-corrected chi connectivity index (χ2v) is 5.42. The quantitative estimate of drug-likeness (QED) is 0.645. The molecule has 0 bridgehead atoms. The molecule has 1 atom stereocenters. The molecule has 2 aromatic rings. The standard InChI is InChI=1S/C14H13BrClFN2O/c1-20-12-4-2-3-9(13(12)17)14(19-18)10-7-8(16)5-6-11(10)15/h2-7,14,19H,18H2,1H3. The third-order valence-electron chi connectivity index (χ3n) is 2.96. The molecular formula is C14H13BrClFN2O. The van der Waals surface area contributed by atoms with Gasteiger partial charge in [-0.3, -0.25) is 5.84 Å². The molecule has 3 N–H and O–H groups in total. The maximum Gasteiger partial charge on any atom is 0.170 e. The molecule has 0 aliphatic rings. The second kappa shape index (κ2) is 6.54. The monoisotopic (exact) mass is 358 g/mol. The first-order valence-corrected chi connectivity index (χ1v) is 6.99. The van der Waals surface area contributed by atoms with Crippen molar-refractivity contribution in [3.63, 3.8) is 0 Å². The first-order chi connectivity index (χ1) is 9.58. The number of halogens is 3. The molecule has 0 fully saturated rings. The number of nitrogens with one attached hydrogen (secondary N) is 1. The second-order valence-electron chi connectivity index (χ2n) is 4.13. The van der Waals surface area contributed by atoms with E-state index >= 15 is 0 Å². The van der Waals surface area contributed by atoms with Gasteiger partial charge in [-0.2, -0.15) is 0 Å². The summed E-state index contributed by atoms with van der Waals surface area (Å²) in [7, 11) is 1.42. The first-order valence-electron chi connectivity index (χ1n) is 5.82. The molecule has 0 aliphatic carbocycles. The Bertz CT molecular complexity index is 624. The molecule has 6 heteroatoms. The molecule has 20 heavy (non-hydrogen) atoms. The lowest BCUT2D eigenvalue weighted by molar-refractivity contribution is 0.381. The Morgan fingerprint density at radius 3 is 2.70 bits per heavy atom. The van der Waals surface area contributed by atoms with Crippen LogP contribution in [0.2, 0.25) is 5.02 Å². The largest absolute Gasteiger partial charge is 0.494 e. The molecule has 0 saturated carbocycles. The molecule has 0 saturated heterocycles. The van der Waals surface area contributed by atoms with Gasteiger partial charge in [-0.1, -0.05) is 39.7 Å². The van der Waals surface area contributed by atoms with E-state index in [1.54, 1.807) is 36.4 Å². The summed E-state index contributed by atoms with van der Waals surface area (Å²) in [6, 6.07) is 9.63. The molecule has 0 heterocycles. The Morgan fingerprint density at radius 2 is 2.05 bits per heavy atom. The average molecular weight is 360 g/mol. The fourth-order valence-electron chi connectivity index (χ4n) is 1.99. The molecule has 3 nitrogen and oxygen atoms in total. The van der Waals surface area contributed by atoms with Crippen LogP contribution in [0.15, 0.2) is 40.9 Å². The maximum atomic E-state index is 14.4. The minimum atomic E-state index is -0.543. The minimum Gasteiger partial charge on any atom is -0.494 e. The molecule has 0 aromatic heterocycles. The van der Waals surface area contributed by atoms with Crippen molar-refractivity contribution in [3.8, 4) is 5.75 Å². The predicted octanol–water partition coefficient (Wildman–Crippen LogP) is 3.80. The van der Waals surface area contributed by atoms with Gasteiger partial charge in [-0.15, -0.1) is 0 Å². The van der Waals surface area contributed by atoms with Crippen molar-refractivity contribution in [2.45, 2.75) is 6.04 Å². The number of nitrogens with two attached hydrogens (primary N) is 1. The summed E-state index contributed by atoms with van der Waals surface area (Å²) >= 11 is 9.42. The van der Waals surface area contributed by atoms with Gasteiger partial charge in [-0.05, 0) is 29.8 Å². The molecule has 0 radical (unpaired) electrons.